The molecule has 1 heterocycles. The van der Waals surface area contributed by atoms with E-state index in [2.05, 4.69) is 18.4 Å². The Labute approximate surface area is 70.8 Å². The van der Waals surface area contributed by atoms with E-state index in [4.69, 9.17) is 0 Å². The second kappa shape index (κ2) is 3.13. The summed E-state index contributed by atoms with van der Waals surface area (Å²) in [6, 6.07) is 4.45. The molecule has 0 radical (unpaired) electrons. The van der Waals surface area contributed by atoms with Crippen molar-refractivity contribution in [3.05, 3.63) is 12.1 Å². The van der Waals surface area contributed by atoms with Gasteiger partial charge >= 0.3 is 71.1 Å². The van der Waals surface area contributed by atoms with Crippen LogP contribution in [0.4, 0.5) is 0 Å². The average Bonchev–Trinajstić information content (AvgIpc) is 2.14. The second-order valence-corrected chi connectivity index (χ2v) is 9.11. The Balaban J connectivity index is 2.84. The minimum atomic E-state index is 0.731. The SMILES string of the molecule is CSc1cc[c]([SnH3])s1. The van der Waals surface area contributed by atoms with Crippen molar-refractivity contribution in [2.75, 3.05) is 6.26 Å². The summed E-state index contributed by atoms with van der Waals surface area (Å²) >= 11 is 4.52. The number of thioether (sulfide) groups is 1. The molecule has 0 N–H and O–H groups in total. The summed E-state index contributed by atoms with van der Waals surface area (Å²) in [5.41, 5.74) is 0. The molecule has 0 saturated carbocycles. The molecule has 1 rings (SSSR count). The molecule has 0 spiro atoms. The van der Waals surface area contributed by atoms with Gasteiger partial charge in [-0.2, -0.15) is 0 Å². The van der Waals surface area contributed by atoms with Crippen molar-refractivity contribution in [2.24, 2.45) is 0 Å². The molecule has 3 heteroatoms. The molecule has 0 fully saturated rings. The van der Waals surface area contributed by atoms with Gasteiger partial charge in [0.1, 0.15) is 0 Å². The molecule has 0 bridgehead atoms. The second-order valence-electron chi connectivity index (χ2n) is 1.57. The number of rotatable bonds is 1. The third kappa shape index (κ3) is 1.67. The fourth-order valence-corrected chi connectivity index (χ4v) is 5.67. The van der Waals surface area contributed by atoms with Gasteiger partial charge in [-0.25, -0.2) is 0 Å². The Hall–Kier alpha value is 0.849. The first-order chi connectivity index (χ1) is 3.83. The van der Waals surface area contributed by atoms with E-state index in [0.717, 1.165) is 22.5 Å². The Bertz CT molecular complexity index is 171. The topological polar surface area (TPSA) is 0 Å². The van der Waals surface area contributed by atoms with Gasteiger partial charge in [-0.1, -0.05) is 0 Å². The van der Waals surface area contributed by atoms with E-state index in [0.29, 0.717) is 0 Å². The molecule has 0 nitrogen and oxygen atoms in total. The summed E-state index contributed by atoms with van der Waals surface area (Å²) in [6.07, 6.45) is 2.13. The number of thiophene rings is 1. The maximum absolute atomic E-state index is 2.24. The molecule has 1 aromatic heterocycles. The minimum absolute atomic E-state index is 0.731. The van der Waals surface area contributed by atoms with Gasteiger partial charge in [0, 0.05) is 0 Å². The summed E-state index contributed by atoms with van der Waals surface area (Å²) < 4.78 is 3.07. The van der Waals surface area contributed by atoms with Gasteiger partial charge in [0.25, 0.3) is 0 Å². The Morgan fingerprint density at radius 2 is 2.38 bits per heavy atom. The van der Waals surface area contributed by atoms with Crippen LogP contribution in [-0.2, 0) is 0 Å². The summed E-state index contributed by atoms with van der Waals surface area (Å²) in [5.74, 6) is 0. The van der Waals surface area contributed by atoms with Crippen LogP contribution in [0, 0.1) is 0 Å². The Morgan fingerprint density at radius 1 is 1.62 bits per heavy atom. The predicted molar refractivity (Wildman–Crippen MR) is 45.7 cm³/mol. The summed E-state index contributed by atoms with van der Waals surface area (Å²) in [6.45, 7) is 0. The van der Waals surface area contributed by atoms with Crippen molar-refractivity contribution in [3.8, 4) is 0 Å². The standard InChI is InChI=1S/C5H5S2.Sn.3H/c1-6-5-3-2-4-7-5;;;;/h2-3H,1H3;;;;. The van der Waals surface area contributed by atoms with E-state index in [-0.39, 0.29) is 0 Å². The van der Waals surface area contributed by atoms with Crippen molar-refractivity contribution < 1.29 is 0 Å². The average molecular weight is 251 g/mol. The Morgan fingerprint density at radius 3 is 2.62 bits per heavy atom. The fraction of sp³-hybridized carbons (Fsp3) is 0.200. The van der Waals surface area contributed by atoms with Crippen LogP contribution in [0.15, 0.2) is 16.3 Å². The molecule has 0 amide bonds. The molecule has 0 aliphatic heterocycles. The van der Waals surface area contributed by atoms with E-state index in [1.165, 1.54) is 4.21 Å². The zero-order chi connectivity index (χ0) is 5.98. The monoisotopic (exact) mass is 252 g/mol. The van der Waals surface area contributed by atoms with Crippen LogP contribution in [0.5, 0.6) is 0 Å². The maximum atomic E-state index is 2.24. The van der Waals surface area contributed by atoms with Crippen molar-refractivity contribution in [3.63, 3.8) is 0 Å². The molecule has 44 valence electrons. The molecule has 0 saturated heterocycles. The molecule has 0 atom stereocenters. The van der Waals surface area contributed by atoms with Gasteiger partial charge in [0.15, 0.2) is 0 Å². The first kappa shape index (κ1) is 6.96. The normalized spacial score (nSPS) is 10.1. The molecule has 0 aliphatic rings. The molecule has 0 aliphatic carbocycles. The quantitative estimate of drug-likeness (QED) is 0.516. The van der Waals surface area contributed by atoms with Crippen LogP contribution in [0.2, 0.25) is 0 Å². The van der Waals surface area contributed by atoms with Gasteiger partial charge < -0.3 is 0 Å². The third-order valence-corrected chi connectivity index (χ3v) is 5.70. The van der Waals surface area contributed by atoms with Crippen molar-refractivity contribution >= 4 is 48.5 Å². The summed E-state index contributed by atoms with van der Waals surface area (Å²) in [7, 11) is 0. The first-order valence-electron chi connectivity index (χ1n) is 2.43. The van der Waals surface area contributed by atoms with Crippen LogP contribution in [-0.4, -0.2) is 28.8 Å². The molecular weight excluding hydrogens is 243 g/mol. The van der Waals surface area contributed by atoms with Gasteiger partial charge in [-0.3, -0.25) is 0 Å². The zero-order valence-corrected chi connectivity index (χ0v) is 12.3. The molecule has 1 aromatic rings. The van der Waals surface area contributed by atoms with E-state index in [9.17, 15) is 0 Å². The van der Waals surface area contributed by atoms with Crippen molar-refractivity contribution in [1.82, 2.24) is 0 Å². The fourth-order valence-electron chi connectivity index (χ4n) is 0.522. The molecule has 0 aromatic carbocycles. The van der Waals surface area contributed by atoms with Crippen molar-refractivity contribution in [1.29, 1.82) is 0 Å². The van der Waals surface area contributed by atoms with Crippen LogP contribution < -0.4 is 2.89 Å². The van der Waals surface area contributed by atoms with E-state index < -0.39 is 0 Å². The Kier molecular flexibility index (Phi) is 2.72. The molecule has 0 unspecified atom stereocenters. The predicted octanol–water partition coefficient (Wildman–Crippen LogP) is 0.461. The van der Waals surface area contributed by atoms with E-state index >= 15 is 0 Å². The molecular formula is C5H8S2Sn. The zero-order valence-electron chi connectivity index (χ0n) is 4.97. The van der Waals surface area contributed by atoms with Gasteiger partial charge in [0.2, 0.25) is 0 Å². The van der Waals surface area contributed by atoms with Crippen molar-refractivity contribution in [2.45, 2.75) is 4.21 Å². The first-order valence-corrected chi connectivity index (χ1v) is 7.33. The summed E-state index contributed by atoms with van der Waals surface area (Å²) in [5, 5.41) is 0. The number of hydrogen-bond donors (Lipinski definition) is 0. The van der Waals surface area contributed by atoms with Gasteiger partial charge in [0.05, 0.1) is 0 Å². The van der Waals surface area contributed by atoms with E-state index in [1.807, 2.05) is 23.1 Å². The van der Waals surface area contributed by atoms with Crippen LogP contribution in [0.25, 0.3) is 0 Å². The van der Waals surface area contributed by atoms with Crippen LogP contribution >= 0.6 is 23.1 Å². The number of hydrogen-bond acceptors (Lipinski definition) is 2. The van der Waals surface area contributed by atoms with Crippen LogP contribution in [0.3, 0.4) is 0 Å². The van der Waals surface area contributed by atoms with E-state index in [1.54, 1.807) is 2.89 Å². The van der Waals surface area contributed by atoms with Gasteiger partial charge in [-0.15, -0.1) is 0 Å². The summed E-state index contributed by atoms with van der Waals surface area (Å²) in [4.78, 5) is 0. The van der Waals surface area contributed by atoms with Crippen LogP contribution in [0.1, 0.15) is 0 Å². The third-order valence-electron chi connectivity index (χ3n) is 0.917. The van der Waals surface area contributed by atoms with Gasteiger partial charge in [-0.05, 0) is 0 Å². The molecule has 8 heavy (non-hydrogen) atoms.